The average molecular weight is 283 g/mol. The number of rotatable bonds is 1. The van der Waals surface area contributed by atoms with Gasteiger partial charge in [0.1, 0.15) is 5.75 Å². The van der Waals surface area contributed by atoms with E-state index in [-0.39, 0.29) is 0 Å². The molecule has 1 saturated heterocycles. The third-order valence-electron chi connectivity index (χ3n) is 5.07. The Morgan fingerprint density at radius 2 is 2.10 bits per heavy atom. The van der Waals surface area contributed by atoms with Crippen molar-refractivity contribution in [3.63, 3.8) is 0 Å². The first-order valence-electron chi connectivity index (χ1n) is 7.65. The van der Waals surface area contributed by atoms with Crippen LogP contribution in [0.2, 0.25) is 0 Å². The number of hydrogen-bond donors (Lipinski definition) is 0. The summed E-state index contributed by atoms with van der Waals surface area (Å²) in [6.45, 7) is 2.05. The second-order valence-corrected chi connectivity index (χ2v) is 6.29. The second kappa shape index (κ2) is 4.72. The summed E-state index contributed by atoms with van der Waals surface area (Å²) in [7, 11) is 3.96. The van der Waals surface area contributed by atoms with Crippen molar-refractivity contribution >= 4 is 10.8 Å². The minimum absolute atomic E-state index is 0.388. The van der Waals surface area contributed by atoms with E-state index in [0.717, 1.165) is 31.7 Å². The Labute approximate surface area is 125 Å². The predicted octanol–water partition coefficient (Wildman–Crippen LogP) is 3.07. The molecule has 21 heavy (non-hydrogen) atoms. The molecule has 0 radical (unpaired) electrons. The number of nitrogens with zero attached hydrogens (tertiary/aromatic N) is 1. The van der Waals surface area contributed by atoms with Gasteiger partial charge in [0.05, 0.1) is 0 Å². The zero-order valence-corrected chi connectivity index (χ0v) is 12.6. The molecule has 0 aliphatic carbocycles. The number of likely N-dealkylation sites (tertiary alicyclic amines) is 1. The van der Waals surface area contributed by atoms with Gasteiger partial charge in [-0.05, 0) is 30.3 Å². The van der Waals surface area contributed by atoms with E-state index >= 15 is 0 Å². The zero-order chi connectivity index (χ0) is 14.4. The van der Waals surface area contributed by atoms with Crippen LogP contribution in [-0.2, 0) is 11.2 Å². The molecule has 2 atom stereocenters. The molecule has 0 saturated carbocycles. The standard InChI is InChI=1S/C18H21NO2/c1-19-10-9-18(20-2)14(12-19)11-16-15-6-4-3-5-13(15)7-8-17(16)21-18/h3-8,14H,9-12H2,1-2H3. The number of piperidine rings is 1. The third-order valence-corrected chi connectivity index (χ3v) is 5.07. The molecule has 0 spiro atoms. The van der Waals surface area contributed by atoms with Crippen LogP contribution in [0.25, 0.3) is 10.8 Å². The van der Waals surface area contributed by atoms with Gasteiger partial charge < -0.3 is 14.4 Å². The average Bonchev–Trinajstić information content (AvgIpc) is 2.53. The molecule has 0 aromatic heterocycles. The highest BCUT2D eigenvalue weighted by atomic mass is 16.7. The maximum atomic E-state index is 6.38. The van der Waals surface area contributed by atoms with Gasteiger partial charge >= 0.3 is 0 Å². The van der Waals surface area contributed by atoms with Crippen LogP contribution in [0.15, 0.2) is 36.4 Å². The fraction of sp³-hybridized carbons (Fsp3) is 0.444. The number of methoxy groups -OCH3 is 1. The quantitative estimate of drug-likeness (QED) is 0.803. The Bertz CT molecular complexity index is 684. The molecule has 2 aliphatic rings. The van der Waals surface area contributed by atoms with Crippen LogP contribution in [0.1, 0.15) is 12.0 Å². The number of fused-ring (bicyclic) bond motifs is 4. The van der Waals surface area contributed by atoms with Gasteiger partial charge in [-0.1, -0.05) is 30.3 Å². The van der Waals surface area contributed by atoms with Crippen molar-refractivity contribution in [3.8, 4) is 5.75 Å². The Kier molecular flexibility index (Phi) is 2.95. The molecular formula is C18H21NO2. The van der Waals surface area contributed by atoms with Gasteiger partial charge in [0, 0.05) is 38.1 Å². The molecule has 0 N–H and O–H groups in total. The summed E-state index contributed by atoms with van der Waals surface area (Å²) >= 11 is 0. The van der Waals surface area contributed by atoms with Gasteiger partial charge in [0.25, 0.3) is 0 Å². The van der Waals surface area contributed by atoms with E-state index in [4.69, 9.17) is 9.47 Å². The number of ether oxygens (including phenoxy) is 2. The Hall–Kier alpha value is -1.58. The monoisotopic (exact) mass is 283 g/mol. The summed E-state index contributed by atoms with van der Waals surface area (Å²) in [6.07, 6.45) is 1.95. The van der Waals surface area contributed by atoms with Crippen LogP contribution in [0.4, 0.5) is 0 Å². The molecule has 110 valence electrons. The molecule has 2 aromatic rings. The van der Waals surface area contributed by atoms with Crippen LogP contribution in [0.3, 0.4) is 0 Å². The summed E-state index contributed by atoms with van der Waals surface area (Å²) in [5.74, 6) is 0.943. The van der Waals surface area contributed by atoms with Crippen molar-refractivity contribution < 1.29 is 9.47 Å². The van der Waals surface area contributed by atoms with Crippen LogP contribution >= 0.6 is 0 Å². The lowest BCUT2D eigenvalue weighted by molar-refractivity contribution is -0.230. The van der Waals surface area contributed by atoms with Crippen molar-refractivity contribution in [1.82, 2.24) is 4.90 Å². The van der Waals surface area contributed by atoms with E-state index in [0.29, 0.717) is 5.92 Å². The van der Waals surface area contributed by atoms with Crippen LogP contribution in [-0.4, -0.2) is 37.9 Å². The third kappa shape index (κ3) is 1.95. The van der Waals surface area contributed by atoms with Gasteiger partial charge in [-0.25, -0.2) is 0 Å². The summed E-state index contributed by atoms with van der Waals surface area (Å²) in [5.41, 5.74) is 1.33. The molecule has 3 nitrogen and oxygen atoms in total. The molecule has 4 rings (SSSR count). The molecule has 2 heterocycles. The van der Waals surface area contributed by atoms with Crippen LogP contribution < -0.4 is 4.74 Å². The first kappa shape index (κ1) is 13.1. The van der Waals surface area contributed by atoms with E-state index < -0.39 is 5.79 Å². The fourth-order valence-corrected chi connectivity index (χ4v) is 3.88. The minimum Gasteiger partial charge on any atom is -0.462 e. The summed E-state index contributed by atoms with van der Waals surface area (Å²) in [4.78, 5) is 2.38. The molecule has 0 bridgehead atoms. The van der Waals surface area contributed by atoms with Gasteiger partial charge in [0.2, 0.25) is 5.79 Å². The SMILES string of the molecule is COC12CCN(C)CC1Cc1c(ccc3ccccc13)O2. The van der Waals surface area contributed by atoms with Crippen molar-refractivity contribution in [1.29, 1.82) is 0 Å². The number of hydrogen-bond acceptors (Lipinski definition) is 3. The Morgan fingerprint density at radius 3 is 2.95 bits per heavy atom. The van der Waals surface area contributed by atoms with Crippen molar-refractivity contribution in [2.24, 2.45) is 5.92 Å². The maximum absolute atomic E-state index is 6.38. The van der Waals surface area contributed by atoms with Crippen molar-refractivity contribution in [3.05, 3.63) is 42.0 Å². The van der Waals surface area contributed by atoms with Crippen molar-refractivity contribution in [2.45, 2.75) is 18.6 Å². The van der Waals surface area contributed by atoms with Gasteiger partial charge in [-0.3, -0.25) is 0 Å². The normalized spacial score (nSPS) is 28.8. The summed E-state index contributed by atoms with van der Waals surface area (Å²) in [5, 5.41) is 2.60. The molecule has 1 fully saturated rings. The highest BCUT2D eigenvalue weighted by Crippen LogP contribution is 2.44. The minimum atomic E-state index is -0.442. The van der Waals surface area contributed by atoms with Gasteiger partial charge in [-0.15, -0.1) is 0 Å². The predicted molar refractivity (Wildman–Crippen MR) is 83.6 cm³/mol. The lowest BCUT2D eigenvalue weighted by Crippen LogP contribution is -2.57. The molecule has 0 amide bonds. The summed E-state index contributed by atoms with van der Waals surface area (Å²) in [6, 6.07) is 12.8. The van der Waals surface area contributed by atoms with E-state index in [2.05, 4.69) is 48.3 Å². The highest BCUT2D eigenvalue weighted by molar-refractivity contribution is 5.88. The molecule has 2 unspecified atom stereocenters. The largest absolute Gasteiger partial charge is 0.462 e. The number of benzene rings is 2. The summed E-state index contributed by atoms with van der Waals surface area (Å²) < 4.78 is 12.2. The van der Waals surface area contributed by atoms with Crippen LogP contribution in [0, 0.1) is 5.92 Å². The first-order chi connectivity index (χ1) is 10.2. The van der Waals surface area contributed by atoms with E-state index in [1.165, 1.54) is 16.3 Å². The van der Waals surface area contributed by atoms with Gasteiger partial charge in [0.15, 0.2) is 0 Å². The van der Waals surface area contributed by atoms with Crippen molar-refractivity contribution in [2.75, 3.05) is 27.2 Å². The van der Waals surface area contributed by atoms with E-state index in [1.807, 2.05) is 0 Å². The lowest BCUT2D eigenvalue weighted by atomic mass is 9.81. The van der Waals surface area contributed by atoms with Crippen LogP contribution in [0.5, 0.6) is 5.75 Å². The second-order valence-electron chi connectivity index (χ2n) is 6.29. The van der Waals surface area contributed by atoms with E-state index in [9.17, 15) is 0 Å². The van der Waals surface area contributed by atoms with Gasteiger partial charge in [-0.2, -0.15) is 0 Å². The Morgan fingerprint density at radius 1 is 1.24 bits per heavy atom. The highest BCUT2D eigenvalue weighted by Gasteiger charge is 2.48. The smallest absolute Gasteiger partial charge is 0.215 e. The molecule has 3 heteroatoms. The molecule has 2 aromatic carbocycles. The van der Waals surface area contributed by atoms with E-state index in [1.54, 1.807) is 7.11 Å². The molecular weight excluding hydrogens is 262 g/mol. The maximum Gasteiger partial charge on any atom is 0.215 e. The zero-order valence-electron chi connectivity index (χ0n) is 12.6. The topological polar surface area (TPSA) is 21.7 Å². The lowest BCUT2D eigenvalue weighted by Gasteiger charge is -2.48. The fourth-order valence-electron chi connectivity index (χ4n) is 3.88. The Balaban J connectivity index is 1.84. The molecule has 2 aliphatic heterocycles. The first-order valence-corrected chi connectivity index (χ1v) is 7.65.